The van der Waals surface area contributed by atoms with E-state index in [4.69, 9.17) is 0 Å². The number of hydrogen-bond acceptors (Lipinski definition) is 3. The molecule has 1 aliphatic rings. The van der Waals surface area contributed by atoms with E-state index >= 15 is 0 Å². The van der Waals surface area contributed by atoms with Gasteiger partial charge in [-0.1, -0.05) is 0 Å². The van der Waals surface area contributed by atoms with Crippen LogP contribution in [-0.4, -0.2) is 39.1 Å². The van der Waals surface area contributed by atoms with Crippen molar-refractivity contribution in [2.24, 2.45) is 5.92 Å². The molecule has 1 unspecified atom stereocenters. The molecule has 2 amide bonds. The first-order valence-electron chi connectivity index (χ1n) is 7.56. The molecule has 22 heavy (non-hydrogen) atoms. The minimum atomic E-state index is -0.0804. The fourth-order valence-electron chi connectivity index (χ4n) is 2.87. The van der Waals surface area contributed by atoms with E-state index in [2.05, 4.69) is 19.9 Å². The number of nitrogens with zero attached hydrogens (tertiary/aromatic N) is 4. The summed E-state index contributed by atoms with van der Waals surface area (Å²) >= 11 is 0. The number of nitrogens with one attached hydrogen (secondary N) is 1. The fraction of sp³-hybridized carbons (Fsp3) is 0.438. The van der Waals surface area contributed by atoms with E-state index < -0.39 is 0 Å². The summed E-state index contributed by atoms with van der Waals surface area (Å²) in [7, 11) is 1.84. The Balaban J connectivity index is 1.57. The van der Waals surface area contributed by atoms with Crippen LogP contribution in [0.15, 0.2) is 30.9 Å². The zero-order valence-electron chi connectivity index (χ0n) is 13.0. The number of aryl methyl sites for hydroxylation is 2. The lowest BCUT2D eigenvalue weighted by molar-refractivity contribution is 0.207. The summed E-state index contributed by atoms with van der Waals surface area (Å²) in [4.78, 5) is 22.5. The number of carbonyl (C=O) groups excluding carboxylic acids is 1. The summed E-state index contributed by atoms with van der Waals surface area (Å²) in [5.41, 5.74) is 1.77. The normalized spacial score (nSPS) is 16.9. The molecule has 0 fully saturated rings. The van der Waals surface area contributed by atoms with Crippen molar-refractivity contribution >= 4 is 11.7 Å². The second-order valence-corrected chi connectivity index (χ2v) is 5.90. The fourth-order valence-corrected chi connectivity index (χ4v) is 2.87. The van der Waals surface area contributed by atoms with Crippen LogP contribution in [-0.2, 0) is 13.0 Å². The van der Waals surface area contributed by atoms with E-state index in [9.17, 15) is 4.79 Å². The highest BCUT2D eigenvalue weighted by Crippen LogP contribution is 2.20. The summed E-state index contributed by atoms with van der Waals surface area (Å²) in [5, 5.41) is 2.94. The predicted molar refractivity (Wildman–Crippen MR) is 84.7 cm³/mol. The first-order valence-corrected chi connectivity index (χ1v) is 7.56. The molecule has 6 nitrogen and oxygen atoms in total. The molecule has 3 heterocycles. The molecular weight excluding hydrogens is 278 g/mol. The van der Waals surface area contributed by atoms with Gasteiger partial charge in [-0.05, 0) is 30.9 Å². The topological polar surface area (TPSA) is 63.1 Å². The second-order valence-electron chi connectivity index (χ2n) is 5.90. The van der Waals surface area contributed by atoms with Gasteiger partial charge in [-0.25, -0.2) is 9.78 Å². The van der Waals surface area contributed by atoms with Crippen molar-refractivity contribution < 1.29 is 4.79 Å². The number of imidazole rings is 1. The molecule has 116 valence electrons. The van der Waals surface area contributed by atoms with Crippen LogP contribution >= 0.6 is 0 Å². The second kappa shape index (κ2) is 6.17. The molecule has 0 aromatic carbocycles. The van der Waals surface area contributed by atoms with Crippen molar-refractivity contribution in [2.75, 3.05) is 18.9 Å². The van der Waals surface area contributed by atoms with Crippen LogP contribution in [0.25, 0.3) is 0 Å². The molecule has 0 aliphatic carbocycles. The summed E-state index contributed by atoms with van der Waals surface area (Å²) < 4.78 is 2.19. The number of hydrogen-bond donors (Lipinski definition) is 1. The highest BCUT2D eigenvalue weighted by Gasteiger charge is 2.22. The van der Waals surface area contributed by atoms with Gasteiger partial charge < -0.3 is 14.8 Å². The molecule has 1 atom stereocenters. The van der Waals surface area contributed by atoms with Gasteiger partial charge in [-0.3, -0.25) is 4.98 Å². The Bertz CT molecular complexity index is 666. The minimum Gasteiger partial charge on any atom is -0.335 e. The van der Waals surface area contributed by atoms with Crippen LogP contribution < -0.4 is 5.32 Å². The van der Waals surface area contributed by atoms with E-state index in [0.717, 1.165) is 43.0 Å². The average molecular weight is 299 g/mol. The van der Waals surface area contributed by atoms with Gasteiger partial charge in [0.05, 0.1) is 0 Å². The lowest BCUT2D eigenvalue weighted by atomic mass is 9.97. The van der Waals surface area contributed by atoms with Crippen molar-refractivity contribution in [1.29, 1.82) is 0 Å². The van der Waals surface area contributed by atoms with Crippen LogP contribution in [0.3, 0.4) is 0 Å². The van der Waals surface area contributed by atoms with Crippen molar-refractivity contribution in [3.05, 3.63) is 42.2 Å². The van der Waals surface area contributed by atoms with Gasteiger partial charge in [0.2, 0.25) is 0 Å². The Morgan fingerprint density at radius 1 is 1.50 bits per heavy atom. The smallest absolute Gasteiger partial charge is 0.321 e. The van der Waals surface area contributed by atoms with E-state index in [-0.39, 0.29) is 6.03 Å². The maximum atomic E-state index is 12.3. The predicted octanol–water partition coefficient (Wildman–Crippen LogP) is 2.31. The van der Waals surface area contributed by atoms with E-state index in [1.165, 1.54) is 0 Å². The molecule has 1 N–H and O–H groups in total. The molecule has 2 aromatic rings. The summed E-state index contributed by atoms with van der Waals surface area (Å²) in [6.07, 6.45) is 9.31. The van der Waals surface area contributed by atoms with Crippen molar-refractivity contribution in [1.82, 2.24) is 19.4 Å². The molecule has 3 rings (SSSR count). The van der Waals surface area contributed by atoms with Crippen molar-refractivity contribution in [3.8, 4) is 0 Å². The Hall–Kier alpha value is -2.37. The molecular formula is C16H21N5O. The van der Waals surface area contributed by atoms with E-state index in [1.54, 1.807) is 17.3 Å². The van der Waals surface area contributed by atoms with E-state index in [1.807, 2.05) is 32.4 Å². The van der Waals surface area contributed by atoms with Crippen LogP contribution in [0.1, 0.15) is 17.8 Å². The maximum absolute atomic E-state index is 12.3. The lowest BCUT2D eigenvalue weighted by Gasteiger charge is -2.28. The van der Waals surface area contributed by atoms with Crippen molar-refractivity contribution in [3.63, 3.8) is 0 Å². The maximum Gasteiger partial charge on any atom is 0.321 e. The van der Waals surface area contributed by atoms with Gasteiger partial charge in [-0.15, -0.1) is 0 Å². The molecule has 0 bridgehead atoms. The largest absolute Gasteiger partial charge is 0.335 e. The van der Waals surface area contributed by atoms with E-state index in [0.29, 0.717) is 5.92 Å². The molecule has 0 radical (unpaired) electrons. The number of pyridine rings is 1. The summed E-state index contributed by atoms with van der Waals surface area (Å²) in [5.74, 6) is 1.58. The van der Waals surface area contributed by atoms with Gasteiger partial charge in [0.15, 0.2) is 0 Å². The van der Waals surface area contributed by atoms with Crippen LogP contribution in [0.4, 0.5) is 10.5 Å². The number of anilines is 1. The van der Waals surface area contributed by atoms with Gasteiger partial charge in [0, 0.05) is 57.0 Å². The Morgan fingerprint density at radius 2 is 2.36 bits per heavy atom. The zero-order chi connectivity index (χ0) is 15.5. The quantitative estimate of drug-likeness (QED) is 0.946. The third kappa shape index (κ3) is 3.10. The van der Waals surface area contributed by atoms with Gasteiger partial charge in [-0.2, -0.15) is 0 Å². The SMILES string of the molecule is Cc1cnccc1NC(=O)N(C)CC1CCn2ccnc2C1. The number of carbonyl (C=O) groups is 1. The van der Waals surface area contributed by atoms with Crippen molar-refractivity contribution in [2.45, 2.75) is 26.3 Å². The minimum absolute atomic E-state index is 0.0804. The Kier molecular flexibility index (Phi) is 4.09. The first kappa shape index (κ1) is 14.6. The number of urea groups is 1. The molecule has 0 saturated carbocycles. The third-order valence-corrected chi connectivity index (χ3v) is 4.19. The number of aromatic nitrogens is 3. The van der Waals surface area contributed by atoms with Crippen LogP contribution in [0, 0.1) is 12.8 Å². The number of fused-ring (bicyclic) bond motifs is 1. The average Bonchev–Trinajstić information content (AvgIpc) is 2.97. The summed E-state index contributed by atoms with van der Waals surface area (Å²) in [6.45, 7) is 3.66. The van der Waals surface area contributed by atoms with Gasteiger partial charge in [0.25, 0.3) is 0 Å². The zero-order valence-corrected chi connectivity index (χ0v) is 13.0. The highest BCUT2D eigenvalue weighted by atomic mass is 16.2. The summed E-state index contributed by atoms with van der Waals surface area (Å²) in [6, 6.07) is 1.74. The van der Waals surface area contributed by atoms with Crippen LogP contribution in [0.2, 0.25) is 0 Å². The Labute approximate surface area is 130 Å². The van der Waals surface area contributed by atoms with Gasteiger partial charge in [0.1, 0.15) is 5.82 Å². The lowest BCUT2D eigenvalue weighted by Crippen LogP contribution is -2.37. The first-order chi connectivity index (χ1) is 10.6. The molecule has 2 aromatic heterocycles. The highest BCUT2D eigenvalue weighted by molar-refractivity contribution is 5.89. The van der Waals surface area contributed by atoms with Gasteiger partial charge >= 0.3 is 6.03 Å². The van der Waals surface area contributed by atoms with Crippen LogP contribution in [0.5, 0.6) is 0 Å². The molecule has 6 heteroatoms. The standard InChI is InChI=1S/C16H21N5O/c1-12-10-17-5-3-14(12)19-16(22)20(2)11-13-4-7-21-8-6-18-15(21)9-13/h3,5-6,8,10,13H,4,7,9,11H2,1-2H3,(H,17,19,22). The Morgan fingerprint density at radius 3 is 3.18 bits per heavy atom. The number of rotatable bonds is 3. The number of amides is 2. The molecule has 1 aliphatic heterocycles. The molecule has 0 spiro atoms. The molecule has 0 saturated heterocycles. The monoisotopic (exact) mass is 299 g/mol. The third-order valence-electron chi connectivity index (χ3n) is 4.19.